The van der Waals surface area contributed by atoms with Gasteiger partial charge in [-0.1, -0.05) is 18.9 Å². The predicted molar refractivity (Wildman–Crippen MR) is 77.8 cm³/mol. The number of nitrogens with zero attached hydrogens (tertiary/aromatic N) is 2. The van der Waals surface area contributed by atoms with E-state index in [9.17, 15) is 0 Å². The molecule has 1 N–H and O–H groups in total. The van der Waals surface area contributed by atoms with Crippen molar-refractivity contribution in [2.24, 2.45) is 5.92 Å². The summed E-state index contributed by atoms with van der Waals surface area (Å²) in [5.74, 6) is 0.967. The predicted octanol–water partition coefficient (Wildman–Crippen LogP) is 2.57. The third-order valence-corrected chi connectivity index (χ3v) is 4.71. The number of pyridine rings is 1. The third-order valence-electron chi connectivity index (χ3n) is 4.71. The molecule has 3 heteroatoms. The standard InChI is InChI=1S/C16H25N3/c1-17-11-14-6-4-7-15(18-14)12-19-10-9-13-5-2-3-8-16(13)19/h4,6-7,13,16-17H,2-3,5,8-12H2,1H3. The van der Waals surface area contributed by atoms with E-state index in [-0.39, 0.29) is 0 Å². The molecule has 1 aliphatic carbocycles. The molecule has 19 heavy (non-hydrogen) atoms. The van der Waals surface area contributed by atoms with Gasteiger partial charge in [-0.3, -0.25) is 9.88 Å². The number of nitrogens with one attached hydrogen (secondary N) is 1. The van der Waals surface area contributed by atoms with Crippen LogP contribution in [0.25, 0.3) is 0 Å². The van der Waals surface area contributed by atoms with Crippen LogP contribution in [-0.4, -0.2) is 29.5 Å². The van der Waals surface area contributed by atoms with Crippen LogP contribution >= 0.6 is 0 Å². The molecule has 3 nitrogen and oxygen atoms in total. The van der Waals surface area contributed by atoms with Crippen LogP contribution in [0.2, 0.25) is 0 Å². The lowest BCUT2D eigenvalue weighted by atomic mass is 9.85. The molecule has 1 aromatic rings. The highest BCUT2D eigenvalue weighted by Gasteiger charge is 2.35. The topological polar surface area (TPSA) is 28.2 Å². The fraction of sp³-hybridized carbons (Fsp3) is 0.688. The summed E-state index contributed by atoms with van der Waals surface area (Å²) in [6.07, 6.45) is 7.13. The molecule has 0 spiro atoms. The van der Waals surface area contributed by atoms with Crippen LogP contribution in [0.1, 0.15) is 43.5 Å². The van der Waals surface area contributed by atoms with E-state index in [1.54, 1.807) is 0 Å². The van der Waals surface area contributed by atoms with Gasteiger partial charge in [-0.2, -0.15) is 0 Å². The van der Waals surface area contributed by atoms with Gasteiger partial charge in [0.2, 0.25) is 0 Å². The summed E-state index contributed by atoms with van der Waals surface area (Å²) < 4.78 is 0. The Labute approximate surface area is 116 Å². The average Bonchev–Trinajstić information content (AvgIpc) is 2.83. The van der Waals surface area contributed by atoms with Crippen molar-refractivity contribution in [3.05, 3.63) is 29.6 Å². The number of hydrogen-bond donors (Lipinski definition) is 1. The summed E-state index contributed by atoms with van der Waals surface area (Å²) in [7, 11) is 1.97. The summed E-state index contributed by atoms with van der Waals surface area (Å²) in [4.78, 5) is 7.44. The number of aromatic nitrogens is 1. The minimum atomic E-state index is 0.837. The zero-order valence-corrected chi connectivity index (χ0v) is 11.9. The van der Waals surface area contributed by atoms with E-state index in [1.165, 1.54) is 44.3 Å². The summed E-state index contributed by atoms with van der Waals surface area (Å²) in [6, 6.07) is 7.26. The molecular formula is C16H25N3. The molecule has 3 rings (SSSR count). The van der Waals surface area contributed by atoms with Gasteiger partial charge in [-0.25, -0.2) is 0 Å². The van der Waals surface area contributed by atoms with Gasteiger partial charge < -0.3 is 5.32 Å². The first-order valence-electron chi connectivity index (χ1n) is 7.70. The van der Waals surface area contributed by atoms with E-state index in [2.05, 4.69) is 28.4 Å². The zero-order valence-electron chi connectivity index (χ0n) is 11.9. The van der Waals surface area contributed by atoms with Gasteiger partial charge in [0.1, 0.15) is 0 Å². The van der Waals surface area contributed by atoms with Crippen LogP contribution in [-0.2, 0) is 13.1 Å². The molecule has 2 unspecified atom stereocenters. The Morgan fingerprint density at radius 1 is 1.21 bits per heavy atom. The van der Waals surface area contributed by atoms with Crippen molar-refractivity contribution in [1.29, 1.82) is 0 Å². The number of rotatable bonds is 4. The molecule has 1 aliphatic heterocycles. The molecule has 2 atom stereocenters. The lowest BCUT2D eigenvalue weighted by Gasteiger charge is -2.31. The van der Waals surface area contributed by atoms with Gasteiger partial charge >= 0.3 is 0 Å². The first kappa shape index (κ1) is 13.1. The summed E-state index contributed by atoms with van der Waals surface area (Å²) in [5.41, 5.74) is 2.39. The zero-order chi connectivity index (χ0) is 13.1. The Morgan fingerprint density at radius 3 is 2.95 bits per heavy atom. The number of likely N-dealkylation sites (tertiary alicyclic amines) is 1. The summed E-state index contributed by atoms with van der Waals surface area (Å²) in [5, 5.41) is 3.17. The maximum atomic E-state index is 4.76. The van der Waals surface area contributed by atoms with Crippen molar-refractivity contribution in [3.8, 4) is 0 Å². The Morgan fingerprint density at radius 2 is 2.05 bits per heavy atom. The van der Waals surface area contributed by atoms with E-state index < -0.39 is 0 Å². The molecule has 0 amide bonds. The second kappa shape index (κ2) is 6.02. The number of hydrogen-bond acceptors (Lipinski definition) is 3. The van der Waals surface area contributed by atoms with Gasteiger partial charge in [0.25, 0.3) is 0 Å². The van der Waals surface area contributed by atoms with Crippen LogP contribution in [0.3, 0.4) is 0 Å². The van der Waals surface area contributed by atoms with Gasteiger partial charge in [-0.05, 0) is 50.9 Å². The largest absolute Gasteiger partial charge is 0.314 e. The normalized spacial score (nSPS) is 27.4. The maximum absolute atomic E-state index is 4.76. The van der Waals surface area contributed by atoms with Crippen LogP contribution < -0.4 is 5.32 Å². The molecule has 104 valence electrons. The van der Waals surface area contributed by atoms with E-state index in [4.69, 9.17) is 4.98 Å². The molecule has 0 aromatic carbocycles. The quantitative estimate of drug-likeness (QED) is 0.901. The highest BCUT2D eigenvalue weighted by molar-refractivity contribution is 5.11. The Balaban J connectivity index is 1.66. The van der Waals surface area contributed by atoms with Gasteiger partial charge in [0.15, 0.2) is 0 Å². The fourth-order valence-electron chi connectivity index (χ4n) is 3.80. The average molecular weight is 259 g/mol. The first-order chi connectivity index (χ1) is 9.36. The molecule has 1 saturated heterocycles. The number of fused-ring (bicyclic) bond motifs is 1. The molecule has 0 radical (unpaired) electrons. The monoisotopic (exact) mass is 259 g/mol. The SMILES string of the molecule is CNCc1cccc(CN2CCC3CCCCC32)n1. The smallest absolute Gasteiger partial charge is 0.0547 e. The second-order valence-corrected chi connectivity index (χ2v) is 6.02. The van der Waals surface area contributed by atoms with E-state index >= 15 is 0 Å². The fourth-order valence-corrected chi connectivity index (χ4v) is 3.80. The van der Waals surface area contributed by atoms with Crippen molar-refractivity contribution in [2.75, 3.05) is 13.6 Å². The van der Waals surface area contributed by atoms with Gasteiger partial charge in [0, 0.05) is 19.1 Å². The van der Waals surface area contributed by atoms with Crippen LogP contribution in [0.4, 0.5) is 0 Å². The van der Waals surface area contributed by atoms with Crippen molar-refractivity contribution in [2.45, 2.75) is 51.2 Å². The molecule has 2 fully saturated rings. The van der Waals surface area contributed by atoms with Gasteiger partial charge in [-0.15, -0.1) is 0 Å². The minimum Gasteiger partial charge on any atom is -0.314 e. The molecular weight excluding hydrogens is 234 g/mol. The van der Waals surface area contributed by atoms with Crippen LogP contribution in [0.5, 0.6) is 0 Å². The molecule has 1 saturated carbocycles. The third kappa shape index (κ3) is 2.98. The van der Waals surface area contributed by atoms with Crippen molar-refractivity contribution < 1.29 is 0 Å². The van der Waals surface area contributed by atoms with E-state index in [0.717, 1.165) is 30.7 Å². The van der Waals surface area contributed by atoms with E-state index in [0.29, 0.717) is 0 Å². The highest BCUT2D eigenvalue weighted by Crippen LogP contribution is 2.36. The molecule has 2 aliphatic rings. The minimum absolute atomic E-state index is 0.837. The Hall–Kier alpha value is -0.930. The summed E-state index contributed by atoms with van der Waals surface area (Å²) >= 11 is 0. The van der Waals surface area contributed by atoms with Crippen molar-refractivity contribution in [1.82, 2.24) is 15.2 Å². The van der Waals surface area contributed by atoms with Crippen LogP contribution in [0.15, 0.2) is 18.2 Å². The van der Waals surface area contributed by atoms with Gasteiger partial charge in [0.05, 0.1) is 11.4 Å². The lowest BCUT2D eigenvalue weighted by molar-refractivity contribution is 0.174. The lowest BCUT2D eigenvalue weighted by Crippen LogP contribution is -2.34. The molecule has 2 heterocycles. The first-order valence-corrected chi connectivity index (χ1v) is 7.70. The van der Waals surface area contributed by atoms with Crippen LogP contribution in [0, 0.1) is 5.92 Å². The maximum Gasteiger partial charge on any atom is 0.0547 e. The van der Waals surface area contributed by atoms with E-state index in [1.807, 2.05) is 7.05 Å². The van der Waals surface area contributed by atoms with Crippen molar-refractivity contribution >= 4 is 0 Å². The Bertz CT molecular complexity index is 418. The molecule has 1 aromatic heterocycles. The summed E-state index contributed by atoms with van der Waals surface area (Å²) in [6.45, 7) is 3.17. The molecule has 0 bridgehead atoms. The van der Waals surface area contributed by atoms with Crippen molar-refractivity contribution in [3.63, 3.8) is 0 Å². The Kier molecular flexibility index (Phi) is 4.14. The highest BCUT2D eigenvalue weighted by atomic mass is 15.2. The second-order valence-electron chi connectivity index (χ2n) is 6.02.